The maximum atomic E-state index is 3.29. The van der Waals surface area contributed by atoms with Gasteiger partial charge < -0.3 is 0 Å². The Kier molecular flexibility index (Phi) is 4.22. The molecule has 0 N–H and O–H groups in total. The molecule has 0 aliphatic carbocycles. The fourth-order valence-electron chi connectivity index (χ4n) is 1.02. The van der Waals surface area contributed by atoms with Crippen molar-refractivity contribution in [3.8, 4) is 23.3 Å². The summed E-state index contributed by atoms with van der Waals surface area (Å²) in [5.41, 5.74) is 4.36. The van der Waals surface area contributed by atoms with Gasteiger partial charge in [0, 0.05) is 5.56 Å². The Morgan fingerprint density at radius 1 is 1.00 bits per heavy atom. The summed E-state index contributed by atoms with van der Waals surface area (Å²) in [6.07, 6.45) is 0.680. The first-order valence-corrected chi connectivity index (χ1v) is 8.62. The van der Waals surface area contributed by atoms with E-state index in [0.717, 1.165) is 5.56 Å². The van der Waals surface area contributed by atoms with Gasteiger partial charge in [-0.3, -0.25) is 0 Å². The monoisotopic (exact) mass is 212 g/mol. The fourth-order valence-corrected chi connectivity index (χ4v) is 1.64. The maximum Gasteiger partial charge on any atom is 0.129 e. The quantitative estimate of drug-likeness (QED) is 0.457. The second-order valence-corrected chi connectivity index (χ2v) is 9.15. The van der Waals surface area contributed by atoms with Crippen molar-refractivity contribution in [2.24, 2.45) is 0 Å². The van der Waals surface area contributed by atoms with Gasteiger partial charge >= 0.3 is 0 Å². The molecule has 1 aromatic carbocycles. The van der Waals surface area contributed by atoms with Gasteiger partial charge in [-0.1, -0.05) is 55.6 Å². The van der Waals surface area contributed by atoms with Crippen molar-refractivity contribution in [3.63, 3.8) is 0 Å². The van der Waals surface area contributed by atoms with E-state index in [4.69, 9.17) is 0 Å². The Hall–Kier alpha value is -1.44. The van der Waals surface area contributed by atoms with Gasteiger partial charge in [-0.2, -0.15) is 0 Å². The van der Waals surface area contributed by atoms with Gasteiger partial charge in [-0.25, -0.2) is 0 Å². The van der Waals surface area contributed by atoms with Crippen LogP contribution in [0.3, 0.4) is 0 Å². The normalized spacial score (nSPS) is 9.53. The van der Waals surface area contributed by atoms with Crippen LogP contribution in [0.2, 0.25) is 19.6 Å². The van der Waals surface area contributed by atoms with Crippen LogP contribution in [0.15, 0.2) is 30.3 Å². The summed E-state index contributed by atoms with van der Waals surface area (Å²) in [4.78, 5) is 0. The third-order valence-electron chi connectivity index (χ3n) is 1.65. The molecular formula is C14H16Si. The van der Waals surface area contributed by atoms with Gasteiger partial charge in [-0.05, 0) is 12.1 Å². The summed E-state index contributed by atoms with van der Waals surface area (Å²) >= 11 is 0. The summed E-state index contributed by atoms with van der Waals surface area (Å²) in [6, 6.07) is 10.0. The minimum absolute atomic E-state index is 0.680. The van der Waals surface area contributed by atoms with E-state index < -0.39 is 8.07 Å². The lowest BCUT2D eigenvalue weighted by molar-refractivity contribution is 1.55. The van der Waals surface area contributed by atoms with E-state index in [-0.39, 0.29) is 0 Å². The molecule has 0 bridgehead atoms. The van der Waals surface area contributed by atoms with Crippen molar-refractivity contribution in [2.75, 3.05) is 0 Å². The first kappa shape index (κ1) is 11.6. The Labute approximate surface area is 93.7 Å². The van der Waals surface area contributed by atoms with E-state index in [1.54, 1.807) is 0 Å². The average molecular weight is 212 g/mol. The lowest BCUT2D eigenvalue weighted by Crippen LogP contribution is -2.16. The summed E-state index contributed by atoms with van der Waals surface area (Å²) < 4.78 is 0. The minimum atomic E-state index is -1.22. The smallest absolute Gasteiger partial charge is 0.129 e. The number of rotatable bonds is 0. The van der Waals surface area contributed by atoms with Crippen LogP contribution in [0.5, 0.6) is 0 Å². The molecule has 0 saturated carbocycles. The third kappa shape index (κ3) is 5.78. The zero-order valence-electron chi connectivity index (χ0n) is 9.59. The van der Waals surface area contributed by atoms with Crippen molar-refractivity contribution < 1.29 is 0 Å². The SMILES string of the molecule is C[Si](C)(C)C#CCC#Cc1ccccc1. The molecule has 1 aromatic rings. The van der Waals surface area contributed by atoms with Crippen LogP contribution < -0.4 is 0 Å². The van der Waals surface area contributed by atoms with E-state index in [1.807, 2.05) is 30.3 Å². The van der Waals surface area contributed by atoms with Crippen LogP contribution in [0.1, 0.15) is 12.0 Å². The summed E-state index contributed by atoms with van der Waals surface area (Å²) in [7, 11) is -1.22. The van der Waals surface area contributed by atoms with Gasteiger partial charge in [-0.15, -0.1) is 5.54 Å². The molecule has 0 aliphatic rings. The van der Waals surface area contributed by atoms with Crippen molar-refractivity contribution in [1.82, 2.24) is 0 Å². The number of hydrogen-bond acceptors (Lipinski definition) is 0. The standard InChI is InChI=1S/C14H16Si/c1-15(2,3)13-9-5-8-12-14-10-6-4-7-11-14/h4,6-7,10-11H,5H2,1-3H3. The molecule has 0 aromatic heterocycles. The molecule has 15 heavy (non-hydrogen) atoms. The Morgan fingerprint density at radius 2 is 1.67 bits per heavy atom. The zero-order chi connectivity index (χ0) is 11.1. The van der Waals surface area contributed by atoms with Crippen LogP contribution in [-0.4, -0.2) is 8.07 Å². The van der Waals surface area contributed by atoms with Crippen LogP contribution in [-0.2, 0) is 0 Å². The van der Waals surface area contributed by atoms with E-state index in [9.17, 15) is 0 Å². The molecule has 0 spiro atoms. The molecule has 0 nitrogen and oxygen atoms in total. The van der Waals surface area contributed by atoms with Crippen LogP contribution in [0.25, 0.3) is 0 Å². The highest BCUT2D eigenvalue weighted by Gasteiger charge is 2.06. The van der Waals surface area contributed by atoms with Crippen LogP contribution >= 0.6 is 0 Å². The van der Waals surface area contributed by atoms with Gasteiger partial charge in [0.05, 0.1) is 6.42 Å². The van der Waals surface area contributed by atoms with Crippen molar-refractivity contribution >= 4 is 8.07 Å². The Bertz CT molecular complexity index is 416. The van der Waals surface area contributed by atoms with Gasteiger partial charge in [0.15, 0.2) is 0 Å². The highest BCUT2D eigenvalue weighted by atomic mass is 28.3. The number of benzene rings is 1. The molecule has 0 amide bonds. The molecule has 0 aliphatic heterocycles. The first-order valence-electron chi connectivity index (χ1n) is 5.12. The molecule has 0 atom stereocenters. The molecule has 0 saturated heterocycles. The van der Waals surface area contributed by atoms with Crippen molar-refractivity contribution in [3.05, 3.63) is 35.9 Å². The topological polar surface area (TPSA) is 0 Å². The number of hydrogen-bond donors (Lipinski definition) is 0. The maximum absolute atomic E-state index is 3.29. The summed E-state index contributed by atoms with van der Waals surface area (Å²) in [5, 5.41) is 0. The predicted molar refractivity (Wildman–Crippen MR) is 69.1 cm³/mol. The minimum Gasteiger partial charge on any atom is -0.131 e. The molecule has 0 heterocycles. The zero-order valence-corrected chi connectivity index (χ0v) is 10.6. The van der Waals surface area contributed by atoms with E-state index in [0.29, 0.717) is 6.42 Å². The highest BCUT2D eigenvalue weighted by Crippen LogP contribution is 1.97. The molecule has 0 unspecified atom stereocenters. The Balaban J connectivity index is 2.51. The molecular weight excluding hydrogens is 196 g/mol. The predicted octanol–water partition coefficient (Wildman–Crippen LogP) is 3.31. The van der Waals surface area contributed by atoms with Crippen molar-refractivity contribution in [2.45, 2.75) is 26.1 Å². The lowest BCUT2D eigenvalue weighted by atomic mass is 10.2. The second-order valence-electron chi connectivity index (χ2n) is 4.40. The fraction of sp³-hybridized carbons (Fsp3) is 0.286. The molecule has 0 fully saturated rings. The van der Waals surface area contributed by atoms with Crippen molar-refractivity contribution in [1.29, 1.82) is 0 Å². The lowest BCUT2D eigenvalue weighted by Gasteiger charge is -2.02. The second kappa shape index (κ2) is 5.44. The van der Waals surface area contributed by atoms with Crippen LogP contribution in [0.4, 0.5) is 0 Å². The van der Waals surface area contributed by atoms with Gasteiger partial charge in [0.2, 0.25) is 0 Å². The highest BCUT2D eigenvalue weighted by molar-refractivity contribution is 6.83. The molecule has 76 valence electrons. The molecule has 1 heteroatoms. The first-order chi connectivity index (χ1) is 7.08. The summed E-state index contributed by atoms with van der Waals surface area (Å²) in [5.74, 6) is 9.30. The van der Waals surface area contributed by atoms with Gasteiger partial charge in [0.1, 0.15) is 8.07 Å². The average Bonchev–Trinajstić information content (AvgIpc) is 2.17. The third-order valence-corrected chi connectivity index (χ3v) is 2.57. The molecule has 1 rings (SSSR count). The largest absolute Gasteiger partial charge is 0.131 e. The van der Waals surface area contributed by atoms with E-state index >= 15 is 0 Å². The molecule has 0 radical (unpaired) electrons. The summed E-state index contributed by atoms with van der Waals surface area (Å²) in [6.45, 7) is 6.72. The van der Waals surface area contributed by atoms with E-state index in [1.165, 1.54) is 0 Å². The van der Waals surface area contributed by atoms with Crippen LogP contribution in [0, 0.1) is 23.3 Å². The Morgan fingerprint density at radius 3 is 2.27 bits per heavy atom. The van der Waals surface area contributed by atoms with E-state index in [2.05, 4.69) is 42.9 Å². The van der Waals surface area contributed by atoms with Gasteiger partial charge in [0.25, 0.3) is 0 Å².